The molecule has 82 valence electrons. The van der Waals surface area contributed by atoms with E-state index in [9.17, 15) is 0 Å². The molecule has 0 aliphatic heterocycles. The lowest BCUT2D eigenvalue weighted by Gasteiger charge is -2.09. The molecule has 0 unspecified atom stereocenters. The first kappa shape index (κ1) is 10.4. The molecule has 0 saturated heterocycles. The highest BCUT2D eigenvalue weighted by molar-refractivity contribution is 5.17. The van der Waals surface area contributed by atoms with Crippen LogP contribution in [0.4, 0.5) is 0 Å². The molecule has 0 aromatic carbocycles. The van der Waals surface area contributed by atoms with Gasteiger partial charge in [-0.2, -0.15) is 5.10 Å². The summed E-state index contributed by atoms with van der Waals surface area (Å²) in [7, 11) is 0. The SMILES string of the molecule is C=Cn1cc(CNCC2CCCC2)cn1. The fourth-order valence-corrected chi connectivity index (χ4v) is 2.20. The Hall–Kier alpha value is -1.09. The molecule has 0 radical (unpaired) electrons. The van der Waals surface area contributed by atoms with E-state index in [2.05, 4.69) is 17.0 Å². The quantitative estimate of drug-likeness (QED) is 0.799. The molecule has 1 aliphatic rings. The van der Waals surface area contributed by atoms with E-state index in [1.54, 1.807) is 10.9 Å². The molecule has 1 fully saturated rings. The molecule has 1 aromatic heterocycles. The lowest BCUT2D eigenvalue weighted by Crippen LogP contribution is -2.20. The summed E-state index contributed by atoms with van der Waals surface area (Å²) in [5.41, 5.74) is 1.23. The van der Waals surface area contributed by atoms with Crippen molar-refractivity contribution in [2.45, 2.75) is 32.2 Å². The van der Waals surface area contributed by atoms with Crippen molar-refractivity contribution >= 4 is 6.20 Å². The van der Waals surface area contributed by atoms with Crippen molar-refractivity contribution in [2.24, 2.45) is 5.92 Å². The Labute approximate surface area is 91.2 Å². The summed E-state index contributed by atoms with van der Waals surface area (Å²) in [5, 5.41) is 7.64. The molecule has 1 saturated carbocycles. The maximum Gasteiger partial charge on any atom is 0.0538 e. The van der Waals surface area contributed by atoms with Crippen LogP contribution >= 0.6 is 0 Å². The largest absolute Gasteiger partial charge is 0.312 e. The van der Waals surface area contributed by atoms with Gasteiger partial charge in [-0.25, -0.2) is 4.68 Å². The number of rotatable bonds is 5. The van der Waals surface area contributed by atoms with E-state index in [1.807, 2.05) is 12.4 Å². The van der Waals surface area contributed by atoms with Crippen LogP contribution in [0.5, 0.6) is 0 Å². The summed E-state index contributed by atoms with van der Waals surface area (Å²) >= 11 is 0. The van der Waals surface area contributed by atoms with Crippen molar-refractivity contribution in [2.75, 3.05) is 6.54 Å². The van der Waals surface area contributed by atoms with Crippen molar-refractivity contribution in [3.8, 4) is 0 Å². The van der Waals surface area contributed by atoms with Crippen LogP contribution in [0.1, 0.15) is 31.2 Å². The van der Waals surface area contributed by atoms with E-state index in [1.165, 1.54) is 31.2 Å². The summed E-state index contributed by atoms with van der Waals surface area (Å²) in [6.07, 6.45) is 11.2. The Morgan fingerprint density at radius 2 is 2.33 bits per heavy atom. The molecular weight excluding hydrogens is 186 g/mol. The molecule has 3 heteroatoms. The van der Waals surface area contributed by atoms with E-state index in [0.29, 0.717) is 0 Å². The van der Waals surface area contributed by atoms with E-state index in [0.717, 1.165) is 19.0 Å². The van der Waals surface area contributed by atoms with Crippen LogP contribution < -0.4 is 5.32 Å². The van der Waals surface area contributed by atoms with Crippen LogP contribution in [0.15, 0.2) is 19.0 Å². The van der Waals surface area contributed by atoms with Crippen molar-refractivity contribution in [1.29, 1.82) is 0 Å². The first-order valence-corrected chi connectivity index (χ1v) is 5.75. The fraction of sp³-hybridized carbons (Fsp3) is 0.583. The van der Waals surface area contributed by atoms with Gasteiger partial charge in [-0.15, -0.1) is 0 Å². The van der Waals surface area contributed by atoms with Gasteiger partial charge in [0.2, 0.25) is 0 Å². The highest BCUT2D eigenvalue weighted by Crippen LogP contribution is 2.23. The molecular formula is C12H19N3. The van der Waals surface area contributed by atoms with Crippen molar-refractivity contribution in [3.63, 3.8) is 0 Å². The average molecular weight is 205 g/mol. The van der Waals surface area contributed by atoms with Gasteiger partial charge in [0.1, 0.15) is 0 Å². The predicted molar refractivity (Wildman–Crippen MR) is 62.3 cm³/mol. The van der Waals surface area contributed by atoms with Crippen LogP contribution in [0.3, 0.4) is 0 Å². The summed E-state index contributed by atoms with van der Waals surface area (Å²) in [4.78, 5) is 0. The van der Waals surface area contributed by atoms with Crippen LogP contribution in [-0.4, -0.2) is 16.3 Å². The predicted octanol–water partition coefficient (Wildman–Crippen LogP) is 2.26. The highest BCUT2D eigenvalue weighted by Gasteiger charge is 2.13. The van der Waals surface area contributed by atoms with Crippen LogP contribution in [0.25, 0.3) is 6.20 Å². The summed E-state index contributed by atoms with van der Waals surface area (Å²) in [5.74, 6) is 0.902. The van der Waals surface area contributed by atoms with Crippen LogP contribution in [0.2, 0.25) is 0 Å². The van der Waals surface area contributed by atoms with E-state index >= 15 is 0 Å². The highest BCUT2D eigenvalue weighted by atomic mass is 15.2. The summed E-state index contributed by atoms with van der Waals surface area (Å²) in [6.45, 7) is 5.74. The zero-order valence-electron chi connectivity index (χ0n) is 9.15. The molecule has 1 heterocycles. The Bertz CT molecular complexity index is 310. The third-order valence-electron chi connectivity index (χ3n) is 3.08. The molecule has 0 spiro atoms. The summed E-state index contributed by atoms with van der Waals surface area (Å²) < 4.78 is 1.74. The normalized spacial score (nSPS) is 17.1. The lowest BCUT2D eigenvalue weighted by atomic mass is 10.1. The molecule has 15 heavy (non-hydrogen) atoms. The van der Waals surface area contributed by atoms with Crippen molar-refractivity contribution in [1.82, 2.24) is 15.1 Å². The second kappa shape index (κ2) is 5.12. The van der Waals surface area contributed by atoms with Crippen molar-refractivity contribution in [3.05, 3.63) is 24.5 Å². The number of aromatic nitrogens is 2. The average Bonchev–Trinajstić information content (AvgIpc) is 2.88. The minimum absolute atomic E-state index is 0.902. The third-order valence-corrected chi connectivity index (χ3v) is 3.08. The Kier molecular flexibility index (Phi) is 3.56. The van der Waals surface area contributed by atoms with Gasteiger partial charge in [0.15, 0.2) is 0 Å². The standard InChI is InChI=1S/C12H19N3/c1-2-15-10-12(9-14-15)8-13-7-11-5-3-4-6-11/h2,9-11,13H,1,3-8H2. The molecule has 1 aliphatic carbocycles. The molecule has 2 rings (SSSR count). The van der Waals surface area contributed by atoms with Gasteiger partial charge >= 0.3 is 0 Å². The first-order chi connectivity index (χ1) is 7.38. The molecule has 3 nitrogen and oxygen atoms in total. The van der Waals surface area contributed by atoms with E-state index in [4.69, 9.17) is 0 Å². The zero-order valence-corrected chi connectivity index (χ0v) is 9.15. The first-order valence-electron chi connectivity index (χ1n) is 5.75. The maximum atomic E-state index is 4.14. The van der Waals surface area contributed by atoms with Gasteiger partial charge in [0, 0.05) is 24.5 Å². The topological polar surface area (TPSA) is 29.9 Å². The number of nitrogens with zero attached hydrogens (tertiary/aromatic N) is 2. The number of nitrogens with one attached hydrogen (secondary N) is 1. The van der Waals surface area contributed by atoms with Gasteiger partial charge in [0.05, 0.1) is 6.20 Å². The lowest BCUT2D eigenvalue weighted by molar-refractivity contribution is 0.489. The van der Waals surface area contributed by atoms with Gasteiger partial charge in [-0.05, 0) is 25.3 Å². The minimum atomic E-state index is 0.902. The smallest absolute Gasteiger partial charge is 0.0538 e. The Morgan fingerprint density at radius 1 is 1.53 bits per heavy atom. The third kappa shape index (κ3) is 2.93. The molecule has 0 amide bonds. The van der Waals surface area contributed by atoms with Crippen molar-refractivity contribution < 1.29 is 0 Å². The summed E-state index contributed by atoms with van der Waals surface area (Å²) in [6, 6.07) is 0. The Morgan fingerprint density at radius 3 is 3.00 bits per heavy atom. The van der Waals surface area contributed by atoms with Crippen LogP contribution in [-0.2, 0) is 6.54 Å². The van der Waals surface area contributed by atoms with Crippen LogP contribution in [0, 0.1) is 5.92 Å². The van der Waals surface area contributed by atoms with E-state index in [-0.39, 0.29) is 0 Å². The second-order valence-corrected chi connectivity index (χ2v) is 4.29. The molecule has 1 N–H and O–H groups in total. The van der Waals surface area contributed by atoms with Gasteiger partial charge in [0.25, 0.3) is 0 Å². The Balaban J connectivity index is 1.70. The molecule has 0 atom stereocenters. The van der Waals surface area contributed by atoms with Gasteiger partial charge in [-0.3, -0.25) is 0 Å². The monoisotopic (exact) mass is 205 g/mol. The number of hydrogen-bond acceptors (Lipinski definition) is 2. The number of hydrogen-bond donors (Lipinski definition) is 1. The van der Waals surface area contributed by atoms with Gasteiger partial charge < -0.3 is 5.32 Å². The maximum absolute atomic E-state index is 4.14. The fourth-order valence-electron chi connectivity index (χ4n) is 2.20. The molecule has 1 aromatic rings. The minimum Gasteiger partial charge on any atom is -0.312 e. The van der Waals surface area contributed by atoms with Gasteiger partial charge in [-0.1, -0.05) is 19.4 Å². The second-order valence-electron chi connectivity index (χ2n) is 4.29. The molecule has 0 bridgehead atoms. The van der Waals surface area contributed by atoms with E-state index < -0.39 is 0 Å². The zero-order chi connectivity index (χ0) is 10.5.